The molecule has 0 bridgehead atoms. The van der Waals surface area contributed by atoms with E-state index < -0.39 is 27.8 Å². The Balaban J connectivity index is 0.00000122. The molecule has 0 aliphatic carbocycles. The SMILES string of the molecule is CCCCCCCCCCCCOC1CC(C)(C)N(C)C(C)(C)C1.CN1C(C)(C)CC(C(CCCCCCCC(=O)O)(C(=O)O)C2CC(C)(C)N(C)C(C)(C)C2)CC1(C)C.Cl.O=S(=O)(O)O. The Morgan fingerprint density at radius 2 is 0.818 bits per heavy atom. The maximum Gasteiger partial charge on any atom is 0.394 e. The summed E-state index contributed by atoms with van der Waals surface area (Å²) in [6, 6.07) is 0. The van der Waals surface area contributed by atoms with E-state index in [9.17, 15) is 14.7 Å². The van der Waals surface area contributed by atoms with Crippen molar-refractivity contribution >= 4 is 34.7 Å². The van der Waals surface area contributed by atoms with Crippen LogP contribution in [0.2, 0.25) is 0 Å². The zero-order valence-corrected chi connectivity index (χ0v) is 46.8. The number of hydrogen-bond donors (Lipinski definition) is 4. The minimum atomic E-state index is -4.67. The fraction of sp³-hybridized carbons (Fsp3) is 0.962. The highest BCUT2D eigenvalue weighted by Gasteiger charge is 2.60. The summed E-state index contributed by atoms with van der Waals surface area (Å²) < 4.78 is 37.8. The smallest absolute Gasteiger partial charge is 0.394 e. The molecule has 3 aliphatic heterocycles. The van der Waals surface area contributed by atoms with Crippen molar-refractivity contribution in [1.82, 2.24) is 14.7 Å². The molecule has 12 nitrogen and oxygen atoms in total. The fourth-order valence-corrected chi connectivity index (χ4v) is 12.1. The van der Waals surface area contributed by atoms with Crippen molar-refractivity contribution in [3.05, 3.63) is 0 Å². The van der Waals surface area contributed by atoms with Crippen molar-refractivity contribution in [3.63, 3.8) is 0 Å². The average molecular weight is 983 g/mol. The van der Waals surface area contributed by atoms with Crippen LogP contribution in [0.25, 0.3) is 0 Å². The van der Waals surface area contributed by atoms with Crippen LogP contribution in [-0.2, 0) is 24.7 Å². The molecule has 0 aromatic heterocycles. The van der Waals surface area contributed by atoms with Gasteiger partial charge in [0, 0.05) is 46.3 Å². The second-order valence-corrected chi connectivity index (χ2v) is 25.2. The predicted octanol–water partition coefficient (Wildman–Crippen LogP) is 13.0. The number of carboxylic acid groups (broad SMARTS) is 2. The van der Waals surface area contributed by atoms with Gasteiger partial charge in [-0.05, 0) is 174 Å². The molecule has 3 fully saturated rings. The zero-order chi connectivity index (χ0) is 50.3. The lowest BCUT2D eigenvalue weighted by Crippen LogP contribution is -2.65. The average Bonchev–Trinajstić information content (AvgIpc) is 3.14. The third-order valence-corrected chi connectivity index (χ3v) is 16.6. The van der Waals surface area contributed by atoms with Gasteiger partial charge in [-0.2, -0.15) is 8.42 Å². The van der Waals surface area contributed by atoms with Gasteiger partial charge in [0.25, 0.3) is 0 Å². The van der Waals surface area contributed by atoms with Crippen LogP contribution in [-0.4, -0.2) is 121 Å². The molecule has 394 valence electrons. The third kappa shape index (κ3) is 21.1. The Kier molecular flexibility index (Phi) is 27.1. The lowest BCUT2D eigenvalue weighted by molar-refractivity contribution is -0.176. The summed E-state index contributed by atoms with van der Waals surface area (Å²) >= 11 is 0. The molecule has 0 amide bonds. The molecule has 14 heteroatoms. The molecule has 0 spiro atoms. The minimum Gasteiger partial charge on any atom is -0.481 e. The summed E-state index contributed by atoms with van der Waals surface area (Å²) in [6.45, 7) is 30.9. The van der Waals surface area contributed by atoms with Gasteiger partial charge in [-0.1, -0.05) is 90.4 Å². The lowest BCUT2D eigenvalue weighted by atomic mass is 9.52. The molecule has 0 saturated carbocycles. The molecule has 0 radical (unpaired) electrons. The molecule has 0 unspecified atom stereocenters. The van der Waals surface area contributed by atoms with Crippen LogP contribution in [0.4, 0.5) is 0 Å². The summed E-state index contributed by atoms with van der Waals surface area (Å²) in [5.41, 5.74) is -0.553. The molecule has 3 heterocycles. The Labute approximate surface area is 411 Å². The fourth-order valence-electron chi connectivity index (χ4n) is 12.1. The van der Waals surface area contributed by atoms with Gasteiger partial charge in [0.15, 0.2) is 0 Å². The normalized spacial score (nSPS) is 22.3. The monoisotopic (exact) mass is 982 g/mol. The van der Waals surface area contributed by atoms with E-state index in [0.29, 0.717) is 18.9 Å². The van der Waals surface area contributed by atoms with Gasteiger partial charge >= 0.3 is 22.3 Å². The molecule has 0 aromatic carbocycles. The first kappa shape index (κ1) is 64.9. The van der Waals surface area contributed by atoms with Crippen molar-refractivity contribution in [3.8, 4) is 0 Å². The van der Waals surface area contributed by atoms with Crippen molar-refractivity contribution in [1.29, 1.82) is 0 Å². The number of halogens is 1. The second-order valence-electron chi connectivity index (χ2n) is 24.3. The van der Waals surface area contributed by atoms with E-state index in [1.807, 2.05) is 0 Å². The number of aliphatic carboxylic acids is 2. The Morgan fingerprint density at radius 3 is 1.14 bits per heavy atom. The van der Waals surface area contributed by atoms with Crippen molar-refractivity contribution in [2.45, 2.75) is 277 Å². The van der Waals surface area contributed by atoms with Gasteiger partial charge in [0.2, 0.25) is 0 Å². The molecular formula is C52H104ClN3O9S. The third-order valence-electron chi connectivity index (χ3n) is 16.6. The number of nitrogens with zero attached hydrogens (tertiary/aromatic N) is 3. The first-order valence-corrected chi connectivity index (χ1v) is 27.0. The Bertz CT molecular complexity index is 1430. The summed E-state index contributed by atoms with van der Waals surface area (Å²) in [5.74, 6) is -1.11. The van der Waals surface area contributed by atoms with Gasteiger partial charge in [-0.15, -0.1) is 12.4 Å². The maximum atomic E-state index is 13.6. The molecule has 4 N–H and O–H groups in total. The first-order valence-electron chi connectivity index (χ1n) is 25.6. The highest BCUT2D eigenvalue weighted by molar-refractivity contribution is 7.79. The number of rotatable bonds is 23. The number of ether oxygens (including phenoxy) is 1. The Hall–Kier alpha value is -1.06. The lowest BCUT2D eigenvalue weighted by Gasteiger charge is -2.61. The molecule has 3 aliphatic rings. The van der Waals surface area contributed by atoms with E-state index in [0.717, 1.165) is 70.8 Å². The Morgan fingerprint density at radius 1 is 0.530 bits per heavy atom. The molecule has 66 heavy (non-hydrogen) atoms. The molecule has 3 rings (SSSR count). The summed E-state index contributed by atoms with van der Waals surface area (Å²) in [5, 5.41) is 20.1. The summed E-state index contributed by atoms with van der Waals surface area (Å²) in [6.07, 6.45) is 25.6. The van der Waals surface area contributed by atoms with E-state index in [1.54, 1.807) is 0 Å². The van der Waals surface area contributed by atoms with Crippen molar-refractivity contribution in [2.75, 3.05) is 27.7 Å². The molecule has 0 atom stereocenters. The van der Waals surface area contributed by atoms with E-state index >= 15 is 0 Å². The van der Waals surface area contributed by atoms with E-state index in [1.165, 1.54) is 64.2 Å². The first-order chi connectivity index (χ1) is 29.6. The minimum absolute atomic E-state index is 0. The van der Waals surface area contributed by atoms with Crippen LogP contribution < -0.4 is 0 Å². The molecule has 3 saturated heterocycles. The van der Waals surface area contributed by atoms with Crippen LogP contribution in [0.15, 0.2) is 0 Å². The quantitative estimate of drug-likeness (QED) is 0.0566. The van der Waals surface area contributed by atoms with Gasteiger partial charge in [-0.3, -0.25) is 33.4 Å². The highest BCUT2D eigenvalue weighted by atomic mass is 35.5. The van der Waals surface area contributed by atoms with Gasteiger partial charge in [0.05, 0.1) is 11.5 Å². The van der Waals surface area contributed by atoms with Crippen LogP contribution in [0, 0.1) is 17.3 Å². The number of likely N-dealkylation sites (tertiary alicyclic amines) is 3. The van der Waals surface area contributed by atoms with Crippen molar-refractivity contribution < 1.29 is 42.1 Å². The standard InChI is InChI=1S/C30H56N2O4.C22H45NO.ClH.H2O4S/c1-26(2)18-22(19-27(3,4)31(26)9)30(25(35)36,17-15-13-11-12-14-16-24(33)34)23-20-28(5,6)32(10)29(7,8)21-23;1-7-8-9-10-11-12-13-14-15-16-17-24-20-18-21(2,3)23(6)22(4,5)19-20;;1-5(2,3)4/h22-23H,11-21H2,1-10H3,(H,33,34)(H,35,36);20H,7-19H2,1-6H3;1H;(H2,1,2,3,4). The largest absolute Gasteiger partial charge is 0.481 e. The van der Waals surface area contributed by atoms with E-state index in [2.05, 4.69) is 126 Å². The van der Waals surface area contributed by atoms with Crippen LogP contribution in [0.5, 0.6) is 0 Å². The number of unbranched alkanes of at least 4 members (excludes halogenated alkanes) is 13. The topological polar surface area (TPSA) is 168 Å². The van der Waals surface area contributed by atoms with Crippen LogP contribution in [0.1, 0.15) is 238 Å². The number of hydrogen-bond acceptors (Lipinski definition) is 8. The van der Waals surface area contributed by atoms with Crippen LogP contribution >= 0.6 is 12.4 Å². The van der Waals surface area contributed by atoms with Gasteiger partial charge < -0.3 is 14.9 Å². The van der Waals surface area contributed by atoms with E-state index in [4.69, 9.17) is 27.4 Å². The highest BCUT2D eigenvalue weighted by Crippen LogP contribution is 2.58. The second kappa shape index (κ2) is 27.5. The zero-order valence-electron chi connectivity index (χ0n) is 45.2. The van der Waals surface area contributed by atoms with Crippen molar-refractivity contribution in [2.24, 2.45) is 17.3 Å². The van der Waals surface area contributed by atoms with Gasteiger partial charge in [-0.25, -0.2) is 0 Å². The maximum absolute atomic E-state index is 13.6. The predicted molar refractivity (Wildman–Crippen MR) is 275 cm³/mol. The summed E-state index contributed by atoms with van der Waals surface area (Å²) in [4.78, 5) is 31.8. The van der Waals surface area contributed by atoms with Gasteiger partial charge in [0.1, 0.15) is 0 Å². The number of piperidine rings is 3. The van der Waals surface area contributed by atoms with E-state index in [-0.39, 0.29) is 63.9 Å². The number of carboxylic acids is 2. The molecule has 0 aromatic rings. The summed E-state index contributed by atoms with van der Waals surface area (Å²) in [7, 11) is 1.98. The number of carbonyl (C=O) groups is 2. The van der Waals surface area contributed by atoms with Crippen LogP contribution in [0.3, 0.4) is 0 Å². The molecular weight excluding hydrogens is 878 g/mol.